The third-order valence-electron chi connectivity index (χ3n) is 2.69. The zero-order valence-corrected chi connectivity index (χ0v) is 11.0. The molecule has 0 saturated heterocycles. The van der Waals surface area contributed by atoms with Crippen LogP contribution in [0.15, 0.2) is 42.6 Å². The number of pyridine rings is 1. The van der Waals surface area contributed by atoms with E-state index in [9.17, 15) is 10.1 Å². The van der Waals surface area contributed by atoms with Crippen LogP contribution in [0.4, 0.5) is 11.5 Å². The van der Waals surface area contributed by atoms with Gasteiger partial charge in [0, 0.05) is 17.1 Å². The summed E-state index contributed by atoms with van der Waals surface area (Å²) in [6.07, 6.45) is 1.23. The van der Waals surface area contributed by atoms with Gasteiger partial charge in [-0.2, -0.15) is 0 Å². The molecule has 0 spiro atoms. The molecule has 0 aliphatic rings. The molecule has 5 nitrogen and oxygen atoms in total. The number of nitrogens with zero attached hydrogens (tertiary/aromatic N) is 2. The van der Waals surface area contributed by atoms with Crippen molar-refractivity contribution in [1.82, 2.24) is 4.98 Å². The fraction of sp³-hybridized carbons (Fsp3) is 0.154. The van der Waals surface area contributed by atoms with Gasteiger partial charge < -0.3 is 5.32 Å². The predicted octanol–water partition coefficient (Wildman–Crippen LogP) is 3.82. The summed E-state index contributed by atoms with van der Waals surface area (Å²) in [5, 5.41) is 14.4. The van der Waals surface area contributed by atoms with Crippen LogP contribution in [0, 0.1) is 10.1 Å². The Morgan fingerprint density at radius 2 is 1.95 bits per heavy atom. The molecule has 0 amide bonds. The number of nitro groups is 1. The average Bonchev–Trinajstić information content (AvgIpc) is 2.40. The maximum absolute atomic E-state index is 10.5. The zero-order chi connectivity index (χ0) is 13.8. The lowest BCUT2D eigenvalue weighted by Gasteiger charge is -2.14. The van der Waals surface area contributed by atoms with Crippen LogP contribution in [0.3, 0.4) is 0 Å². The summed E-state index contributed by atoms with van der Waals surface area (Å²) >= 11 is 5.83. The molecule has 0 aliphatic carbocycles. The second-order valence-electron chi connectivity index (χ2n) is 4.08. The summed E-state index contributed by atoms with van der Waals surface area (Å²) in [5.41, 5.74) is 1.04. The summed E-state index contributed by atoms with van der Waals surface area (Å²) in [4.78, 5) is 14.1. The third-order valence-corrected chi connectivity index (χ3v) is 2.95. The Kier molecular flexibility index (Phi) is 3.97. The molecule has 6 heteroatoms. The number of anilines is 1. The molecule has 19 heavy (non-hydrogen) atoms. The van der Waals surface area contributed by atoms with Crippen molar-refractivity contribution >= 4 is 23.1 Å². The van der Waals surface area contributed by atoms with Crippen LogP contribution in [0.2, 0.25) is 5.02 Å². The molecule has 98 valence electrons. The molecule has 2 rings (SSSR count). The Morgan fingerprint density at radius 1 is 1.26 bits per heavy atom. The van der Waals surface area contributed by atoms with E-state index in [1.54, 1.807) is 6.07 Å². The fourth-order valence-corrected chi connectivity index (χ4v) is 1.76. The van der Waals surface area contributed by atoms with E-state index < -0.39 is 4.92 Å². The number of nitrogens with one attached hydrogen (secondary N) is 1. The minimum atomic E-state index is -0.473. The molecule has 1 aromatic carbocycles. The summed E-state index contributed by atoms with van der Waals surface area (Å²) in [6, 6.07) is 10.5. The predicted molar refractivity (Wildman–Crippen MR) is 74.4 cm³/mol. The summed E-state index contributed by atoms with van der Waals surface area (Å²) < 4.78 is 0. The van der Waals surface area contributed by atoms with E-state index in [2.05, 4.69) is 10.3 Å². The van der Waals surface area contributed by atoms with Gasteiger partial charge in [0.1, 0.15) is 12.0 Å². The summed E-state index contributed by atoms with van der Waals surface area (Å²) in [6.45, 7) is 1.98. The van der Waals surface area contributed by atoms with Crippen LogP contribution >= 0.6 is 11.6 Å². The monoisotopic (exact) mass is 277 g/mol. The quantitative estimate of drug-likeness (QED) is 0.681. The van der Waals surface area contributed by atoms with Gasteiger partial charge in [-0.25, -0.2) is 4.98 Å². The van der Waals surface area contributed by atoms with E-state index in [-0.39, 0.29) is 11.7 Å². The van der Waals surface area contributed by atoms with Crippen molar-refractivity contribution in [3.05, 3.63) is 63.3 Å². The topological polar surface area (TPSA) is 68.1 Å². The SMILES string of the molecule is CC(Nc1ccc([N+](=O)[O-])cn1)c1ccc(Cl)cc1. The molecular weight excluding hydrogens is 266 g/mol. The molecule has 1 unspecified atom stereocenters. The number of hydrogen-bond donors (Lipinski definition) is 1. The first-order valence-electron chi connectivity index (χ1n) is 5.68. The van der Waals surface area contributed by atoms with Crippen LogP contribution in [-0.4, -0.2) is 9.91 Å². The largest absolute Gasteiger partial charge is 0.364 e. The first-order chi connectivity index (χ1) is 9.06. The molecule has 1 N–H and O–H groups in total. The van der Waals surface area contributed by atoms with Crippen molar-refractivity contribution in [2.24, 2.45) is 0 Å². The number of aromatic nitrogens is 1. The van der Waals surface area contributed by atoms with Crippen LogP contribution in [0.5, 0.6) is 0 Å². The van der Waals surface area contributed by atoms with E-state index in [0.717, 1.165) is 5.56 Å². The minimum absolute atomic E-state index is 0.0234. The van der Waals surface area contributed by atoms with Crippen molar-refractivity contribution in [1.29, 1.82) is 0 Å². The Hall–Kier alpha value is -2.14. The van der Waals surface area contributed by atoms with Crippen molar-refractivity contribution in [3.8, 4) is 0 Å². The van der Waals surface area contributed by atoms with E-state index in [1.807, 2.05) is 31.2 Å². The van der Waals surface area contributed by atoms with Crippen molar-refractivity contribution in [2.75, 3.05) is 5.32 Å². The Morgan fingerprint density at radius 3 is 2.47 bits per heavy atom. The van der Waals surface area contributed by atoms with Gasteiger partial charge in [-0.3, -0.25) is 10.1 Å². The molecule has 1 atom stereocenters. The number of rotatable bonds is 4. The molecule has 0 fully saturated rings. The second kappa shape index (κ2) is 5.67. The highest BCUT2D eigenvalue weighted by atomic mass is 35.5. The number of benzene rings is 1. The molecule has 0 bridgehead atoms. The lowest BCUT2D eigenvalue weighted by molar-refractivity contribution is -0.385. The molecule has 0 saturated carbocycles. The smallest absolute Gasteiger partial charge is 0.287 e. The molecule has 0 radical (unpaired) electrons. The maximum atomic E-state index is 10.5. The Balaban J connectivity index is 2.08. The maximum Gasteiger partial charge on any atom is 0.287 e. The Bertz CT molecular complexity index is 569. The van der Waals surface area contributed by atoms with Gasteiger partial charge in [0.15, 0.2) is 0 Å². The van der Waals surface area contributed by atoms with Crippen LogP contribution in [0.25, 0.3) is 0 Å². The first kappa shape index (κ1) is 13.3. The van der Waals surface area contributed by atoms with Crippen molar-refractivity contribution < 1.29 is 4.92 Å². The third kappa shape index (κ3) is 3.42. The zero-order valence-electron chi connectivity index (χ0n) is 10.2. The molecule has 2 aromatic rings. The highest BCUT2D eigenvalue weighted by molar-refractivity contribution is 6.30. The van der Waals surface area contributed by atoms with Gasteiger partial charge in [0.25, 0.3) is 5.69 Å². The fourth-order valence-electron chi connectivity index (χ4n) is 1.64. The molecular formula is C13H12ClN3O2. The lowest BCUT2D eigenvalue weighted by atomic mass is 10.1. The number of hydrogen-bond acceptors (Lipinski definition) is 4. The second-order valence-corrected chi connectivity index (χ2v) is 4.51. The normalized spacial score (nSPS) is 11.9. The minimum Gasteiger partial charge on any atom is -0.364 e. The van der Waals surface area contributed by atoms with Crippen LogP contribution in [0.1, 0.15) is 18.5 Å². The lowest BCUT2D eigenvalue weighted by Crippen LogP contribution is -2.07. The average molecular weight is 278 g/mol. The van der Waals surface area contributed by atoms with E-state index >= 15 is 0 Å². The van der Waals surface area contributed by atoms with E-state index in [1.165, 1.54) is 12.3 Å². The van der Waals surface area contributed by atoms with Gasteiger partial charge in [0.05, 0.1) is 4.92 Å². The highest BCUT2D eigenvalue weighted by Gasteiger charge is 2.08. The first-order valence-corrected chi connectivity index (χ1v) is 6.06. The van der Waals surface area contributed by atoms with Gasteiger partial charge in [-0.05, 0) is 30.7 Å². The standard InChI is InChI=1S/C13H12ClN3O2/c1-9(10-2-4-11(14)5-3-10)16-13-7-6-12(8-15-13)17(18)19/h2-9H,1H3,(H,15,16). The van der Waals surface area contributed by atoms with Crippen LogP contribution < -0.4 is 5.32 Å². The summed E-state index contributed by atoms with van der Waals surface area (Å²) in [5.74, 6) is 0.591. The van der Waals surface area contributed by atoms with Crippen LogP contribution in [-0.2, 0) is 0 Å². The van der Waals surface area contributed by atoms with E-state index in [0.29, 0.717) is 10.8 Å². The Labute approximate surface area is 115 Å². The van der Waals surface area contributed by atoms with Gasteiger partial charge in [0.2, 0.25) is 0 Å². The van der Waals surface area contributed by atoms with E-state index in [4.69, 9.17) is 11.6 Å². The molecule has 1 heterocycles. The number of halogens is 1. The van der Waals surface area contributed by atoms with Gasteiger partial charge in [-0.15, -0.1) is 0 Å². The van der Waals surface area contributed by atoms with Crippen molar-refractivity contribution in [2.45, 2.75) is 13.0 Å². The van der Waals surface area contributed by atoms with Crippen molar-refractivity contribution in [3.63, 3.8) is 0 Å². The molecule has 0 aliphatic heterocycles. The van der Waals surface area contributed by atoms with Gasteiger partial charge in [-0.1, -0.05) is 23.7 Å². The summed E-state index contributed by atoms with van der Waals surface area (Å²) in [7, 11) is 0. The molecule has 1 aromatic heterocycles. The highest BCUT2D eigenvalue weighted by Crippen LogP contribution is 2.20. The van der Waals surface area contributed by atoms with Gasteiger partial charge >= 0.3 is 0 Å².